The molecule has 2 aromatic heterocycles. The zero-order valence-electron chi connectivity index (χ0n) is 14.1. The Kier molecular flexibility index (Phi) is 4.43. The molecule has 26 heavy (non-hydrogen) atoms. The van der Waals surface area contributed by atoms with Crippen molar-refractivity contribution >= 4 is 16.9 Å². The summed E-state index contributed by atoms with van der Waals surface area (Å²) in [5, 5.41) is 0. The fourth-order valence-electron chi connectivity index (χ4n) is 2.82. The van der Waals surface area contributed by atoms with E-state index < -0.39 is 0 Å². The van der Waals surface area contributed by atoms with Crippen LogP contribution in [0, 0.1) is 0 Å². The summed E-state index contributed by atoms with van der Waals surface area (Å²) in [6.07, 6.45) is 3.14. The van der Waals surface area contributed by atoms with E-state index in [1.165, 1.54) is 6.20 Å². The molecule has 5 heteroatoms. The molecule has 0 saturated carbocycles. The van der Waals surface area contributed by atoms with Crippen molar-refractivity contribution < 1.29 is 9.21 Å². The second-order valence-electron chi connectivity index (χ2n) is 5.97. The summed E-state index contributed by atoms with van der Waals surface area (Å²) in [5.41, 5.74) is 2.84. The third-order valence-corrected chi connectivity index (χ3v) is 4.10. The Hall–Kier alpha value is -3.47. The maximum absolute atomic E-state index is 13.1. The van der Waals surface area contributed by atoms with Gasteiger partial charge in [-0.25, -0.2) is 4.98 Å². The Morgan fingerprint density at radius 2 is 1.65 bits per heavy atom. The van der Waals surface area contributed by atoms with Crippen molar-refractivity contribution in [3.63, 3.8) is 0 Å². The second-order valence-corrected chi connectivity index (χ2v) is 5.97. The van der Waals surface area contributed by atoms with Gasteiger partial charge in [0.05, 0.1) is 30.0 Å². The molecule has 2 aromatic carbocycles. The molecule has 0 aliphatic heterocycles. The van der Waals surface area contributed by atoms with Crippen molar-refractivity contribution in [2.45, 2.75) is 13.1 Å². The van der Waals surface area contributed by atoms with Crippen LogP contribution in [0.2, 0.25) is 0 Å². The van der Waals surface area contributed by atoms with Gasteiger partial charge in [-0.3, -0.25) is 9.78 Å². The zero-order chi connectivity index (χ0) is 17.8. The van der Waals surface area contributed by atoms with Crippen LogP contribution in [0.3, 0.4) is 0 Å². The average Bonchev–Trinajstić information content (AvgIpc) is 3.20. The highest BCUT2D eigenvalue weighted by molar-refractivity contribution is 5.93. The molecule has 0 aliphatic rings. The number of carbonyl (C=O) groups excluding carboxylic acids is 1. The molecule has 0 aliphatic carbocycles. The molecular weight excluding hydrogens is 326 g/mol. The Labute approximate surface area is 150 Å². The van der Waals surface area contributed by atoms with Crippen LogP contribution < -0.4 is 0 Å². The zero-order valence-corrected chi connectivity index (χ0v) is 14.1. The van der Waals surface area contributed by atoms with E-state index in [4.69, 9.17) is 4.42 Å². The van der Waals surface area contributed by atoms with Gasteiger partial charge in [0.15, 0.2) is 0 Å². The minimum atomic E-state index is -0.177. The van der Waals surface area contributed by atoms with Crippen LogP contribution >= 0.6 is 0 Å². The number of para-hydroxylation sites is 2. The molecule has 4 aromatic rings. The van der Waals surface area contributed by atoms with Crippen LogP contribution in [0.5, 0.6) is 0 Å². The fraction of sp³-hybridized carbons (Fsp3) is 0.0952. The largest absolute Gasteiger partial charge is 0.467 e. The summed E-state index contributed by atoms with van der Waals surface area (Å²) in [7, 11) is 0. The number of nitrogens with zero attached hydrogens (tertiary/aromatic N) is 3. The first-order chi connectivity index (χ1) is 12.8. The molecule has 5 nitrogen and oxygen atoms in total. The third-order valence-electron chi connectivity index (χ3n) is 4.10. The molecule has 0 N–H and O–H groups in total. The highest BCUT2D eigenvalue weighted by Crippen LogP contribution is 2.15. The van der Waals surface area contributed by atoms with Gasteiger partial charge in [0.1, 0.15) is 11.5 Å². The van der Waals surface area contributed by atoms with Crippen LogP contribution in [-0.4, -0.2) is 20.8 Å². The average molecular weight is 343 g/mol. The van der Waals surface area contributed by atoms with Crippen molar-refractivity contribution in [3.8, 4) is 0 Å². The van der Waals surface area contributed by atoms with Gasteiger partial charge < -0.3 is 9.32 Å². The summed E-state index contributed by atoms with van der Waals surface area (Å²) < 4.78 is 5.43. The topological polar surface area (TPSA) is 59.2 Å². The van der Waals surface area contributed by atoms with Gasteiger partial charge >= 0.3 is 0 Å². The first-order valence-electron chi connectivity index (χ1n) is 8.37. The van der Waals surface area contributed by atoms with Gasteiger partial charge in [-0.2, -0.15) is 0 Å². The summed E-state index contributed by atoms with van der Waals surface area (Å²) in [6, 6.07) is 21.1. The molecule has 0 saturated heterocycles. The number of amides is 1. The third kappa shape index (κ3) is 3.47. The minimum Gasteiger partial charge on any atom is -0.467 e. The molecule has 1 amide bonds. The number of hydrogen-bond acceptors (Lipinski definition) is 4. The fourth-order valence-corrected chi connectivity index (χ4v) is 2.82. The second kappa shape index (κ2) is 7.19. The lowest BCUT2D eigenvalue weighted by atomic mass is 10.2. The number of rotatable bonds is 5. The van der Waals surface area contributed by atoms with Gasteiger partial charge in [-0.05, 0) is 29.8 Å². The van der Waals surface area contributed by atoms with E-state index in [1.807, 2.05) is 66.7 Å². The van der Waals surface area contributed by atoms with E-state index in [0.29, 0.717) is 24.3 Å². The Morgan fingerprint density at radius 1 is 0.885 bits per heavy atom. The molecule has 0 spiro atoms. The first kappa shape index (κ1) is 16.0. The standard InChI is InChI=1S/C21H17N3O2/c25-21(20-13-22-18-10-4-5-11-19(18)23-20)24(15-17-9-6-12-26-17)14-16-7-2-1-3-8-16/h1-13H,14-15H2. The summed E-state index contributed by atoms with van der Waals surface area (Å²) in [5.74, 6) is 0.548. The van der Waals surface area contributed by atoms with Gasteiger partial charge in [-0.15, -0.1) is 0 Å². The molecular formula is C21H17N3O2. The van der Waals surface area contributed by atoms with Crippen molar-refractivity contribution in [1.29, 1.82) is 0 Å². The first-order valence-corrected chi connectivity index (χ1v) is 8.37. The van der Waals surface area contributed by atoms with Crippen LogP contribution in [0.4, 0.5) is 0 Å². The van der Waals surface area contributed by atoms with Crippen LogP contribution in [0.25, 0.3) is 11.0 Å². The highest BCUT2D eigenvalue weighted by atomic mass is 16.3. The van der Waals surface area contributed by atoms with Crippen molar-refractivity contribution in [2.75, 3.05) is 0 Å². The van der Waals surface area contributed by atoms with Gasteiger partial charge in [-0.1, -0.05) is 42.5 Å². The maximum Gasteiger partial charge on any atom is 0.274 e. The number of aromatic nitrogens is 2. The predicted molar refractivity (Wildman–Crippen MR) is 98.3 cm³/mol. The molecule has 0 unspecified atom stereocenters. The number of fused-ring (bicyclic) bond motifs is 1. The highest BCUT2D eigenvalue weighted by Gasteiger charge is 2.20. The number of benzene rings is 2. The Bertz CT molecular complexity index is 1010. The molecule has 128 valence electrons. The van der Waals surface area contributed by atoms with Crippen molar-refractivity contribution in [2.24, 2.45) is 0 Å². The van der Waals surface area contributed by atoms with Crippen LogP contribution in [-0.2, 0) is 13.1 Å². The SMILES string of the molecule is O=C(c1cnc2ccccc2n1)N(Cc1ccccc1)Cc1ccco1. The molecule has 4 rings (SSSR count). The van der Waals surface area contributed by atoms with E-state index >= 15 is 0 Å². The summed E-state index contributed by atoms with van der Waals surface area (Å²) in [6.45, 7) is 0.837. The number of furan rings is 1. The molecule has 0 radical (unpaired) electrons. The van der Waals surface area contributed by atoms with Crippen LogP contribution in [0.1, 0.15) is 21.8 Å². The van der Waals surface area contributed by atoms with Crippen molar-refractivity contribution in [1.82, 2.24) is 14.9 Å². The van der Waals surface area contributed by atoms with E-state index in [9.17, 15) is 4.79 Å². The van der Waals surface area contributed by atoms with Crippen molar-refractivity contribution in [3.05, 3.63) is 96.2 Å². The monoisotopic (exact) mass is 343 g/mol. The summed E-state index contributed by atoms with van der Waals surface area (Å²) >= 11 is 0. The molecule has 2 heterocycles. The van der Waals surface area contributed by atoms with Gasteiger partial charge in [0.25, 0.3) is 5.91 Å². The molecule has 0 atom stereocenters. The molecule has 0 fully saturated rings. The van der Waals surface area contributed by atoms with Gasteiger partial charge in [0, 0.05) is 6.54 Å². The lowest BCUT2D eigenvalue weighted by Gasteiger charge is -2.21. The quantitative estimate of drug-likeness (QED) is 0.548. The smallest absolute Gasteiger partial charge is 0.274 e. The summed E-state index contributed by atoms with van der Waals surface area (Å²) in [4.78, 5) is 23.7. The minimum absolute atomic E-state index is 0.177. The van der Waals surface area contributed by atoms with E-state index in [2.05, 4.69) is 9.97 Å². The van der Waals surface area contributed by atoms with Crippen LogP contribution in [0.15, 0.2) is 83.6 Å². The number of hydrogen-bond donors (Lipinski definition) is 0. The normalized spacial score (nSPS) is 10.8. The predicted octanol–water partition coefficient (Wildman–Crippen LogP) is 4.07. The van der Waals surface area contributed by atoms with E-state index in [0.717, 1.165) is 16.8 Å². The lowest BCUT2D eigenvalue weighted by Crippen LogP contribution is -2.30. The number of carbonyl (C=O) groups is 1. The maximum atomic E-state index is 13.1. The molecule has 0 bridgehead atoms. The van der Waals surface area contributed by atoms with E-state index in [1.54, 1.807) is 11.2 Å². The van der Waals surface area contributed by atoms with E-state index in [-0.39, 0.29) is 5.91 Å². The van der Waals surface area contributed by atoms with Gasteiger partial charge in [0.2, 0.25) is 0 Å². The Balaban J connectivity index is 1.65. The lowest BCUT2D eigenvalue weighted by molar-refractivity contribution is 0.0711. The Morgan fingerprint density at radius 3 is 2.42 bits per heavy atom.